The van der Waals surface area contributed by atoms with E-state index in [1.807, 2.05) is 44.2 Å². The van der Waals surface area contributed by atoms with Crippen molar-refractivity contribution >= 4 is 5.97 Å². The molecule has 0 saturated carbocycles. The van der Waals surface area contributed by atoms with Crippen LogP contribution in [0.5, 0.6) is 11.5 Å². The van der Waals surface area contributed by atoms with Gasteiger partial charge in [-0.15, -0.1) is 0 Å². The van der Waals surface area contributed by atoms with Gasteiger partial charge in [-0.25, -0.2) is 4.79 Å². The molecule has 2 aromatic carbocycles. The van der Waals surface area contributed by atoms with Gasteiger partial charge in [0, 0.05) is 0 Å². The molecule has 2 rings (SSSR count). The van der Waals surface area contributed by atoms with Gasteiger partial charge in [-0.3, -0.25) is 0 Å². The Morgan fingerprint density at radius 3 is 2.61 bits per heavy atom. The van der Waals surface area contributed by atoms with E-state index < -0.39 is 5.97 Å². The molecule has 0 bridgehead atoms. The summed E-state index contributed by atoms with van der Waals surface area (Å²) in [6, 6.07) is 14.5. The van der Waals surface area contributed by atoms with E-state index >= 15 is 0 Å². The molecule has 2 aromatic rings. The summed E-state index contributed by atoms with van der Waals surface area (Å²) in [5.74, 6) is 0.458. The van der Waals surface area contributed by atoms with E-state index in [-0.39, 0.29) is 12.4 Å². The Morgan fingerprint density at radius 1 is 1.17 bits per heavy atom. The number of benzene rings is 2. The average Bonchev–Trinajstić information content (AvgIpc) is 2.55. The number of carbonyl (C=O) groups is 1. The van der Waals surface area contributed by atoms with Crippen molar-refractivity contribution in [3.05, 3.63) is 71.5 Å². The number of aromatic hydroxyl groups is 1. The molecular weight excluding hydrogens is 292 g/mol. The van der Waals surface area contributed by atoms with Gasteiger partial charge in [-0.2, -0.15) is 0 Å². The second-order valence-electron chi connectivity index (χ2n) is 5.35. The number of carbonyl (C=O) groups excluding carboxylic acids is 1. The first-order chi connectivity index (χ1) is 11.0. The number of para-hydroxylation sites is 1. The van der Waals surface area contributed by atoms with Crippen LogP contribution in [-0.2, 0) is 16.0 Å². The quantitative estimate of drug-likeness (QED) is 0.651. The van der Waals surface area contributed by atoms with E-state index in [9.17, 15) is 9.90 Å². The zero-order chi connectivity index (χ0) is 16.7. The van der Waals surface area contributed by atoms with Gasteiger partial charge >= 0.3 is 5.97 Å². The van der Waals surface area contributed by atoms with Crippen LogP contribution in [0.25, 0.3) is 0 Å². The van der Waals surface area contributed by atoms with E-state index in [2.05, 4.69) is 0 Å². The van der Waals surface area contributed by atoms with Crippen LogP contribution >= 0.6 is 0 Å². The number of esters is 1. The van der Waals surface area contributed by atoms with Gasteiger partial charge < -0.3 is 14.6 Å². The van der Waals surface area contributed by atoms with Gasteiger partial charge in [0.1, 0.15) is 11.5 Å². The third-order valence-corrected chi connectivity index (χ3v) is 3.24. The Kier molecular flexibility index (Phi) is 5.80. The van der Waals surface area contributed by atoms with E-state index in [1.54, 1.807) is 18.2 Å². The molecule has 0 fully saturated rings. The number of phenolic OH excluding ortho intramolecular Hbond substituents is 1. The Balaban J connectivity index is 1.81. The average molecular weight is 312 g/mol. The molecule has 0 radical (unpaired) electrons. The van der Waals surface area contributed by atoms with Crippen LogP contribution < -0.4 is 4.74 Å². The fourth-order valence-corrected chi connectivity index (χ4v) is 2.05. The van der Waals surface area contributed by atoms with Crippen LogP contribution in [0.4, 0.5) is 0 Å². The largest absolute Gasteiger partial charge is 0.508 e. The second-order valence-corrected chi connectivity index (χ2v) is 5.35. The summed E-state index contributed by atoms with van der Waals surface area (Å²) in [7, 11) is 0. The van der Waals surface area contributed by atoms with Crippen molar-refractivity contribution in [1.82, 2.24) is 0 Å². The first kappa shape index (κ1) is 16.6. The fraction of sp³-hybridized carbons (Fsp3) is 0.211. The lowest BCUT2D eigenvalue weighted by atomic mass is 10.0. The monoisotopic (exact) mass is 312 g/mol. The van der Waals surface area contributed by atoms with Crippen molar-refractivity contribution in [1.29, 1.82) is 0 Å². The summed E-state index contributed by atoms with van der Waals surface area (Å²) < 4.78 is 10.4. The first-order valence-electron chi connectivity index (χ1n) is 7.36. The van der Waals surface area contributed by atoms with Crippen LogP contribution in [0.15, 0.2) is 60.4 Å². The van der Waals surface area contributed by atoms with Crippen molar-refractivity contribution in [3.63, 3.8) is 0 Å². The third-order valence-electron chi connectivity index (χ3n) is 3.24. The van der Waals surface area contributed by atoms with Crippen LogP contribution in [0.3, 0.4) is 0 Å². The molecule has 0 unspecified atom stereocenters. The predicted octanol–water partition coefficient (Wildman–Crippen LogP) is 3.77. The molecule has 0 aromatic heterocycles. The zero-order valence-corrected chi connectivity index (χ0v) is 13.3. The minimum absolute atomic E-state index is 0.133. The molecule has 0 amide bonds. The number of allylic oxidation sites excluding steroid dienone is 1. The van der Waals surface area contributed by atoms with Crippen LogP contribution in [0, 0.1) is 6.92 Å². The minimum Gasteiger partial charge on any atom is -0.508 e. The smallest absolute Gasteiger partial charge is 0.348 e. The molecule has 0 saturated heterocycles. The zero-order valence-electron chi connectivity index (χ0n) is 13.3. The summed E-state index contributed by atoms with van der Waals surface area (Å²) >= 11 is 0. The third kappa shape index (κ3) is 5.51. The molecule has 0 spiro atoms. The number of hydrogen-bond donors (Lipinski definition) is 1. The molecule has 0 heterocycles. The highest BCUT2D eigenvalue weighted by Crippen LogP contribution is 2.19. The number of ether oxygens (including phenoxy) is 2. The normalized spacial score (nSPS) is 11.1. The lowest BCUT2D eigenvalue weighted by Crippen LogP contribution is -2.12. The Morgan fingerprint density at radius 2 is 1.91 bits per heavy atom. The molecule has 0 aliphatic carbocycles. The van der Waals surface area contributed by atoms with Crippen molar-refractivity contribution in [2.24, 2.45) is 0 Å². The van der Waals surface area contributed by atoms with Crippen molar-refractivity contribution < 1.29 is 19.4 Å². The van der Waals surface area contributed by atoms with Gasteiger partial charge in [-0.05, 0) is 55.2 Å². The van der Waals surface area contributed by atoms with E-state index in [4.69, 9.17) is 9.47 Å². The topological polar surface area (TPSA) is 55.8 Å². The van der Waals surface area contributed by atoms with Gasteiger partial charge in [-0.1, -0.05) is 30.3 Å². The minimum atomic E-state index is -0.449. The molecule has 23 heavy (non-hydrogen) atoms. The highest BCUT2D eigenvalue weighted by atomic mass is 16.6. The van der Waals surface area contributed by atoms with E-state index in [0.29, 0.717) is 12.2 Å². The maximum Gasteiger partial charge on any atom is 0.348 e. The molecule has 0 aliphatic rings. The summed E-state index contributed by atoms with van der Waals surface area (Å²) in [6.07, 6.45) is 2.09. The van der Waals surface area contributed by atoms with Gasteiger partial charge in [0.05, 0.1) is 6.26 Å². The molecule has 1 N–H and O–H groups in total. The number of phenols is 1. The molecule has 4 heteroatoms. The van der Waals surface area contributed by atoms with E-state index in [1.165, 1.54) is 6.26 Å². The van der Waals surface area contributed by atoms with Crippen LogP contribution in [0.2, 0.25) is 0 Å². The summed E-state index contributed by atoms with van der Waals surface area (Å²) in [5, 5.41) is 9.51. The fourth-order valence-electron chi connectivity index (χ4n) is 2.05. The number of aryl methyl sites for hydroxylation is 1. The number of rotatable bonds is 6. The number of hydrogen-bond acceptors (Lipinski definition) is 4. The lowest BCUT2D eigenvalue weighted by molar-refractivity contribution is -0.140. The van der Waals surface area contributed by atoms with Crippen molar-refractivity contribution in [3.8, 4) is 11.5 Å². The standard InChI is InChI=1S/C19H20O4/c1-14(10-16-8-9-18(20)15(2)11-16)12-23-19(21)13-22-17-6-4-3-5-7-17/h3-9,11-12,20H,10,13H2,1-2H3/b14-12+. The molecular formula is C19H20O4. The highest BCUT2D eigenvalue weighted by molar-refractivity contribution is 5.71. The Hall–Kier alpha value is -2.75. The molecule has 4 nitrogen and oxygen atoms in total. The molecule has 120 valence electrons. The Bertz CT molecular complexity index is 690. The van der Waals surface area contributed by atoms with Crippen LogP contribution in [0.1, 0.15) is 18.1 Å². The van der Waals surface area contributed by atoms with E-state index in [0.717, 1.165) is 16.7 Å². The van der Waals surface area contributed by atoms with Gasteiger partial charge in [0.2, 0.25) is 0 Å². The summed E-state index contributed by atoms with van der Waals surface area (Å²) in [6.45, 7) is 3.60. The first-order valence-corrected chi connectivity index (χ1v) is 7.36. The maximum atomic E-state index is 11.6. The van der Waals surface area contributed by atoms with Crippen LogP contribution in [-0.4, -0.2) is 17.7 Å². The lowest BCUT2D eigenvalue weighted by Gasteiger charge is -2.06. The summed E-state index contributed by atoms with van der Waals surface area (Å²) in [5.41, 5.74) is 2.78. The Labute approximate surface area is 136 Å². The van der Waals surface area contributed by atoms with Gasteiger partial charge in [0.15, 0.2) is 6.61 Å². The predicted molar refractivity (Wildman–Crippen MR) is 88.3 cm³/mol. The highest BCUT2D eigenvalue weighted by Gasteiger charge is 2.04. The summed E-state index contributed by atoms with van der Waals surface area (Å²) in [4.78, 5) is 11.6. The molecule has 0 atom stereocenters. The van der Waals surface area contributed by atoms with Crippen molar-refractivity contribution in [2.45, 2.75) is 20.3 Å². The van der Waals surface area contributed by atoms with Gasteiger partial charge in [0.25, 0.3) is 0 Å². The molecule has 0 aliphatic heterocycles. The maximum absolute atomic E-state index is 11.6. The SMILES string of the molecule is C/C(=C\OC(=O)COc1ccccc1)Cc1ccc(O)c(C)c1. The second kappa shape index (κ2) is 8.03. The van der Waals surface area contributed by atoms with Crippen molar-refractivity contribution in [2.75, 3.05) is 6.61 Å².